The van der Waals surface area contributed by atoms with Gasteiger partial charge >= 0.3 is 0 Å². The average Bonchev–Trinajstić information content (AvgIpc) is 2.63. The molecule has 0 aliphatic carbocycles. The van der Waals surface area contributed by atoms with Gasteiger partial charge in [-0.25, -0.2) is 4.98 Å². The summed E-state index contributed by atoms with van der Waals surface area (Å²) in [5, 5.41) is 7.36. The molecule has 0 bridgehead atoms. The molecule has 0 saturated carbocycles. The summed E-state index contributed by atoms with van der Waals surface area (Å²) < 4.78 is 0. The molecule has 0 fully saturated rings. The third-order valence-corrected chi connectivity index (χ3v) is 4.65. The van der Waals surface area contributed by atoms with E-state index in [0.717, 1.165) is 34.8 Å². The Hall–Kier alpha value is -1.92. The van der Waals surface area contributed by atoms with Crippen molar-refractivity contribution in [1.29, 1.82) is 0 Å². The maximum Gasteiger partial charge on any atom is 0.191 e. The van der Waals surface area contributed by atoms with Crippen molar-refractivity contribution in [1.82, 2.24) is 15.6 Å². The number of hydrogen-bond donors (Lipinski definition) is 2. The predicted molar refractivity (Wildman–Crippen MR) is 109 cm³/mol. The number of thioether (sulfide) groups is 1. The third-order valence-electron chi connectivity index (χ3n) is 3.39. The van der Waals surface area contributed by atoms with Crippen molar-refractivity contribution < 1.29 is 0 Å². The molecule has 0 aliphatic rings. The number of nitrogens with one attached hydrogen (secondary N) is 2. The van der Waals surface area contributed by atoms with Crippen LogP contribution in [-0.4, -0.2) is 44.4 Å². The van der Waals surface area contributed by atoms with Crippen molar-refractivity contribution >= 4 is 35.1 Å². The van der Waals surface area contributed by atoms with Crippen LogP contribution in [0.25, 0.3) is 0 Å². The van der Waals surface area contributed by atoms with Crippen molar-refractivity contribution in [3.8, 4) is 0 Å². The van der Waals surface area contributed by atoms with Crippen LogP contribution < -0.4 is 15.5 Å². The third kappa shape index (κ3) is 6.84. The lowest BCUT2D eigenvalue weighted by molar-refractivity contribution is 0.810. The standard InChI is InChI=1S/C18H24ClN5S/c1-20-18(21-11-12-25-16-9-7-14(19)8-10-16)22-13-15-5-4-6-17(23-15)24(2)3/h4-10H,11-13H2,1-3H3,(H2,20,21,22). The molecular weight excluding hydrogens is 354 g/mol. The summed E-state index contributed by atoms with van der Waals surface area (Å²) in [4.78, 5) is 12.0. The minimum absolute atomic E-state index is 0.631. The average molecular weight is 378 g/mol. The fourth-order valence-electron chi connectivity index (χ4n) is 2.08. The Morgan fingerprint density at radius 2 is 1.92 bits per heavy atom. The van der Waals surface area contributed by atoms with E-state index in [4.69, 9.17) is 11.6 Å². The molecule has 25 heavy (non-hydrogen) atoms. The number of halogens is 1. The topological polar surface area (TPSA) is 52.6 Å². The molecule has 2 aromatic rings. The molecule has 0 spiro atoms. The van der Waals surface area contributed by atoms with Gasteiger partial charge in [0.05, 0.1) is 12.2 Å². The predicted octanol–water partition coefficient (Wildman–Crippen LogP) is 3.26. The van der Waals surface area contributed by atoms with E-state index in [0.29, 0.717) is 6.54 Å². The molecule has 0 unspecified atom stereocenters. The van der Waals surface area contributed by atoms with Gasteiger partial charge in [-0.05, 0) is 36.4 Å². The Kier molecular flexibility index (Phi) is 7.88. The molecule has 7 heteroatoms. The number of aromatic nitrogens is 1. The maximum atomic E-state index is 5.89. The summed E-state index contributed by atoms with van der Waals surface area (Å²) in [6.07, 6.45) is 0. The smallest absolute Gasteiger partial charge is 0.191 e. The number of nitrogens with zero attached hydrogens (tertiary/aromatic N) is 3. The Morgan fingerprint density at radius 3 is 2.60 bits per heavy atom. The number of benzene rings is 1. The zero-order chi connectivity index (χ0) is 18.1. The molecule has 0 aliphatic heterocycles. The second kappa shape index (κ2) is 10.2. The number of guanidine groups is 1. The van der Waals surface area contributed by atoms with E-state index in [1.54, 1.807) is 18.8 Å². The molecule has 1 aromatic carbocycles. The maximum absolute atomic E-state index is 5.89. The lowest BCUT2D eigenvalue weighted by atomic mass is 10.3. The SMILES string of the molecule is CN=C(NCCSc1ccc(Cl)cc1)NCc1cccc(N(C)C)n1. The van der Waals surface area contributed by atoms with Crippen molar-refractivity contribution in [3.63, 3.8) is 0 Å². The zero-order valence-electron chi connectivity index (χ0n) is 14.8. The van der Waals surface area contributed by atoms with Crippen LogP contribution in [0.4, 0.5) is 5.82 Å². The number of rotatable bonds is 7. The van der Waals surface area contributed by atoms with Gasteiger partial charge in [0.25, 0.3) is 0 Å². The summed E-state index contributed by atoms with van der Waals surface area (Å²) in [5.41, 5.74) is 0.977. The van der Waals surface area contributed by atoms with Crippen LogP contribution in [0.3, 0.4) is 0 Å². The lowest BCUT2D eigenvalue weighted by Gasteiger charge is -2.14. The van der Waals surface area contributed by atoms with Gasteiger partial charge in [0.2, 0.25) is 0 Å². The molecule has 2 N–H and O–H groups in total. The van der Waals surface area contributed by atoms with E-state index in [1.165, 1.54) is 4.90 Å². The summed E-state index contributed by atoms with van der Waals surface area (Å²) in [6, 6.07) is 13.9. The first-order chi connectivity index (χ1) is 12.1. The zero-order valence-corrected chi connectivity index (χ0v) is 16.4. The number of pyridine rings is 1. The largest absolute Gasteiger partial charge is 0.363 e. The monoisotopic (exact) mass is 377 g/mol. The second-order valence-corrected chi connectivity index (χ2v) is 7.14. The lowest BCUT2D eigenvalue weighted by Crippen LogP contribution is -2.38. The highest BCUT2D eigenvalue weighted by molar-refractivity contribution is 7.99. The fourth-order valence-corrected chi connectivity index (χ4v) is 2.97. The van der Waals surface area contributed by atoms with Crippen LogP contribution >= 0.6 is 23.4 Å². The van der Waals surface area contributed by atoms with Crippen LogP contribution in [0.5, 0.6) is 0 Å². The molecule has 2 rings (SSSR count). The highest BCUT2D eigenvalue weighted by Gasteiger charge is 2.02. The molecular formula is C18H24ClN5S. The molecule has 5 nitrogen and oxygen atoms in total. The van der Waals surface area contributed by atoms with Crippen LogP contribution in [-0.2, 0) is 6.54 Å². The van der Waals surface area contributed by atoms with Crippen molar-refractivity contribution in [2.45, 2.75) is 11.4 Å². The van der Waals surface area contributed by atoms with Gasteiger partial charge in [-0.3, -0.25) is 4.99 Å². The quantitative estimate of drug-likeness (QED) is 0.336. The number of aliphatic imine (C=N–C) groups is 1. The first-order valence-corrected chi connectivity index (χ1v) is 9.41. The number of anilines is 1. The minimum Gasteiger partial charge on any atom is -0.363 e. The molecule has 0 saturated heterocycles. The second-order valence-electron chi connectivity index (χ2n) is 5.54. The molecule has 0 amide bonds. The van der Waals surface area contributed by atoms with E-state index in [-0.39, 0.29) is 0 Å². The van der Waals surface area contributed by atoms with E-state index in [2.05, 4.69) is 20.6 Å². The van der Waals surface area contributed by atoms with E-state index in [9.17, 15) is 0 Å². The van der Waals surface area contributed by atoms with Gasteiger partial charge in [0, 0.05) is 43.4 Å². The highest BCUT2D eigenvalue weighted by Crippen LogP contribution is 2.19. The molecule has 134 valence electrons. The summed E-state index contributed by atoms with van der Waals surface area (Å²) >= 11 is 7.67. The molecule has 1 heterocycles. The van der Waals surface area contributed by atoms with Gasteiger partial charge in [-0.15, -0.1) is 11.8 Å². The Balaban J connectivity index is 1.73. The summed E-state index contributed by atoms with van der Waals surface area (Å²) in [7, 11) is 5.74. The van der Waals surface area contributed by atoms with Crippen LogP contribution in [0, 0.1) is 0 Å². The fraction of sp³-hybridized carbons (Fsp3) is 0.333. The molecule has 0 atom stereocenters. The Labute approximate surface area is 158 Å². The van der Waals surface area contributed by atoms with Gasteiger partial charge < -0.3 is 15.5 Å². The first-order valence-electron chi connectivity index (χ1n) is 8.04. The van der Waals surface area contributed by atoms with Gasteiger partial charge in [0.1, 0.15) is 5.82 Å². The summed E-state index contributed by atoms with van der Waals surface area (Å²) in [6.45, 7) is 1.45. The normalized spacial score (nSPS) is 11.3. The van der Waals surface area contributed by atoms with Gasteiger partial charge in [-0.1, -0.05) is 17.7 Å². The molecule has 0 radical (unpaired) electrons. The van der Waals surface area contributed by atoms with Crippen molar-refractivity contribution in [2.24, 2.45) is 4.99 Å². The summed E-state index contributed by atoms with van der Waals surface area (Å²) in [5.74, 6) is 2.66. The van der Waals surface area contributed by atoms with Crippen molar-refractivity contribution in [2.75, 3.05) is 38.3 Å². The van der Waals surface area contributed by atoms with Crippen LogP contribution in [0.15, 0.2) is 52.4 Å². The van der Waals surface area contributed by atoms with Crippen LogP contribution in [0.2, 0.25) is 5.02 Å². The van der Waals surface area contributed by atoms with E-state index in [1.807, 2.05) is 61.5 Å². The van der Waals surface area contributed by atoms with Gasteiger partial charge in [0.15, 0.2) is 5.96 Å². The number of hydrogen-bond acceptors (Lipinski definition) is 4. The van der Waals surface area contributed by atoms with Crippen LogP contribution in [0.1, 0.15) is 5.69 Å². The Bertz CT molecular complexity index is 688. The highest BCUT2D eigenvalue weighted by atomic mass is 35.5. The van der Waals surface area contributed by atoms with E-state index < -0.39 is 0 Å². The van der Waals surface area contributed by atoms with Gasteiger partial charge in [-0.2, -0.15) is 0 Å². The molecule has 1 aromatic heterocycles. The Morgan fingerprint density at radius 1 is 1.16 bits per heavy atom. The van der Waals surface area contributed by atoms with Crippen molar-refractivity contribution in [3.05, 3.63) is 53.2 Å². The first kappa shape index (κ1) is 19.4. The van der Waals surface area contributed by atoms with E-state index >= 15 is 0 Å². The minimum atomic E-state index is 0.631.